The Balaban J connectivity index is 0.000000240. The van der Waals surface area contributed by atoms with Crippen molar-refractivity contribution in [3.8, 4) is 0 Å². The molecule has 44 heavy (non-hydrogen) atoms. The Morgan fingerprint density at radius 2 is 1.18 bits per heavy atom. The van der Waals surface area contributed by atoms with Gasteiger partial charge in [0.2, 0.25) is 0 Å². The largest absolute Gasteiger partial charge is 0.444 e. The first kappa shape index (κ1) is 35.1. The molecule has 2 aromatic carbocycles. The second-order valence-electron chi connectivity index (χ2n) is 14.7. The van der Waals surface area contributed by atoms with Gasteiger partial charge < -0.3 is 24.4 Å². The summed E-state index contributed by atoms with van der Waals surface area (Å²) in [6.07, 6.45) is 2.16. The summed E-state index contributed by atoms with van der Waals surface area (Å²) in [6, 6.07) is 19.0. The Bertz CT molecular complexity index is 1250. The molecule has 0 spiro atoms. The molecular formula is C36H52N2O6. The van der Waals surface area contributed by atoms with Gasteiger partial charge in [0, 0.05) is 42.6 Å². The predicted molar refractivity (Wildman–Crippen MR) is 172 cm³/mol. The molecular weight excluding hydrogens is 556 g/mol. The highest BCUT2D eigenvalue weighted by Gasteiger charge is 2.42. The summed E-state index contributed by atoms with van der Waals surface area (Å²) in [5.74, 6) is 0.0985. The zero-order valence-corrected chi connectivity index (χ0v) is 27.9. The van der Waals surface area contributed by atoms with Gasteiger partial charge in [-0.15, -0.1) is 0 Å². The monoisotopic (exact) mass is 608 g/mol. The summed E-state index contributed by atoms with van der Waals surface area (Å²) in [5.41, 5.74) is -0.309. The van der Waals surface area contributed by atoms with Crippen LogP contribution in [0.2, 0.25) is 0 Å². The van der Waals surface area contributed by atoms with Crippen LogP contribution in [-0.4, -0.2) is 70.3 Å². The van der Waals surface area contributed by atoms with Crippen LogP contribution in [0.4, 0.5) is 9.59 Å². The fourth-order valence-electron chi connectivity index (χ4n) is 5.86. The first-order valence-corrected chi connectivity index (χ1v) is 15.7. The first-order chi connectivity index (χ1) is 20.4. The van der Waals surface area contributed by atoms with Gasteiger partial charge in [0.25, 0.3) is 0 Å². The third-order valence-electron chi connectivity index (χ3n) is 8.09. The minimum atomic E-state index is -0.584. The van der Waals surface area contributed by atoms with Crippen molar-refractivity contribution in [2.75, 3.05) is 26.2 Å². The smallest absolute Gasteiger partial charge is 0.410 e. The number of amides is 2. The average Bonchev–Trinajstić information content (AvgIpc) is 2.96. The van der Waals surface area contributed by atoms with Crippen molar-refractivity contribution >= 4 is 18.0 Å². The highest BCUT2D eigenvalue weighted by Crippen LogP contribution is 2.41. The molecule has 2 amide bonds. The number of hydrogen-bond acceptors (Lipinski definition) is 6. The average molecular weight is 609 g/mol. The number of aliphatic hydroxyl groups excluding tert-OH is 1. The van der Waals surface area contributed by atoms with Crippen LogP contribution in [-0.2, 0) is 9.47 Å². The van der Waals surface area contributed by atoms with Crippen molar-refractivity contribution in [1.82, 2.24) is 9.80 Å². The zero-order chi connectivity index (χ0) is 32.8. The molecule has 3 atom stereocenters. The van der Waals surface area contributed by atoms with Gasteiger partial charge in [-0.2, -0.15) is 0 Å². The van der Waals surface area contributed by atoms with Gasteiger partial charge in [-0.3, -0.25) is 4.79 Å². The highest BCUT2D eigenvalue weighted by molar-refractivity contribution is 6.00. The summed E-state index contributed by atoms with van der Waals surface area (Å²) >= 11 is 0. The maximum atomic E-state index is 12.8. The van der Waals surface area contributed by atoms with E-state index in [2.05, 4.69) is 0 Å². The molecule has 0 bridgehead atoms. The molecule has 2 aromatic rings. The number of aliphatic hydroxyl groups is 1. The minimum absolute atomic E-state index is 0.0985. The Morgan fingerprint density at radius 1 is 0.727 bits per heavy atom. The van der Waals surface area contributed by atoms with Crippen LogP contribution >= 0.6 is 0 Å². The number of carbonyl (C=O) groups excluding carboxylic acids is 3. The van der Waals surface area contributed by atoms with Crippen LogP contribution in [0.5, 0.6) is 0 Å². The third kappa shape index (κ3) is 9.81. The number of likely N-dealkylation sites (tertiary alicyclic amines) is 2. The lowest BCUT2D eigenvalue weighted by atomic mass is 9.74. The van der Waals surface area contributed by atoms with E-state index in [4.69, 9.17) is 9.47 Å². The number of benzene rings is 2. The van der Waals surface area contributed by atoms with Crippen LogP contribution in [0.15, 0.2) is 60.7 Å². The van der Waals surface area contributed by atoms with E-state index in [1.807, 2.05) is 116 Å². The first-order valence-electron chi connectivity index (χ1n) is 15.7. The summed E-state index contributed by atoms with van der Waals surface area (Å²) in [4.78, 5) is 40.7. The number of piperidine rings is 2. The number of ether oxygens (including phenoxy) is 2. The Kier molecular flexibility index (Phi) is 11.3. The molecule has 2 heterocycles. The van der Waals surface area contributed by atoms with Gasteiger partial charge in [-0.05, 0) is 72.8 Å². The van der Waals surface area contributed by atoms with E-state index in [1.54, 1.807) is 9.80 Å². The van der Waals surface area contributed by atoms with Crippen LogP contribution < -0.4 is 0 Å². The van der Waals surface area contributed by atoms with Crippen molar-refractivity contribution < 1.29 is 29.0 Å². The lowest BCUT2D eigenvalue weighted by Crippen LogP contribution is -2.49. The Labute approximate surface area is 263 Å². The lowest BCUT2D eigenvalue weighted by Gasteiger charge is -2.43. The van der Waals surface area contributed by atoms with E-state index in [9.17, 15) is 19.5 Å². The lowest BCUT2D eigenvalue weighted by molar-refractivity contribution is -0.0347. The quantitative estimate of drug-likeness (QED) is 0.358. The number of ketones is 1. The maximum Gasteiger partial charge on any atom is 0.410 e. The maximum absolute atomic E-state index is 12.8. The molecule has 0 saturated carbocycles. The molecule has 8 nitrogen and oxygen atoms in total. The molecule has 4 rings (SSSR count). The van der Waals surface area contributed by atoms with E-state index in [0.29, 0.717) is 31.7 Å². The second-order valence-corrected chi connectivity index (χ2v) is 14.7. The summed E-state index contributed by atoms with van der Waals surface area (Å²) in [6.45, 7) is 17.4. The van der Waals surface area contributed by atoms with Gasteiger partial charge in [-0.25, -0.2) is 9.59 Å². The third-order valence-corrected chi connectivity index (χ3v) is 8.09. The summed E-state index contributed by atoms with van der Waals surface area (Å²) in [5, 5.41) is 10.8. The van der Waals surface area contributed by atoms with Crippen molar-refractivity contribution in [2.45, 2.75) is 98.4 Å². The van der Waals surface area contributed by atoms with Crippen LogP contribution in [0.3, 0.4) is 0 Å². The number of carbonyl (C=O) groups is 3. The van der Waals surface area contributed by atoms with Crippen molar-refractivity contribution in [3.05, 3.63) is 71.8 Å². The predicted octanol–water partition coefficient (Wildman–Crippen LogP) is 7.66. The second kappa shape index (κ2) is 14.1. The van der Waals surface area contributed by atoms with Crippen LogP contribution in [0.1, 0.15) is 103 Å². The van der Waals surface area contributed by atoms with Crippen LogP contribution in [0.25, 0.3) is 0 Å². The number of nitrogens with zero attached hydrogens (tertiary/aromatic N) is 2. The van der Waals surface area contributed by atoms with E-state index >= 15 is 0 Å². The van der Waals surface area contributed by atoms with Gasteiger partial charge in [0.15, 0.2) is 5.78 Å². The van der Waals surface area contributed by atoms with Crippen molar-refractivity contribution in [2.24, 2.45) is 10.8 Å². The van der Waals surface area contributed by atoms with Crippen molar-refractivity contribution in [1.29, 1.82) is 0 Å². The molecule has 0 aliphatic carbocycles. The summed E-state index contributed by atoms with van der Waals surface area (Å²) < 4.78 is 10.9. The molecule has 2 saturated heterocycles. The van der Waals surface area contributed by atoms with E-state index in [0.717, 1.165) is 31.2 Å². The molecule has 2 fully saturated rings. The summed E-state index contributed by atoms with van der Waals surface area (Å²) in [7, 11) is 0. The molecule has 2 aliphatic rings. The normalized spacial score (nSPS) is 23.1. The van der Waals surface area contributed by atoms with Crippen LogP contribution in [0, 0.1) is 10.8 Å². The molecule has 242 valence electrons. The number of Topliss-reactive ketones (excluding diaryl/α,β-unsaturated/α-hetero) is 1. The molecule has 1 N–H and O–H groups in total. The van der Waals surface area contributed by atoms with Gasteiger partial charge in [0.05, 0.1) is 6.10 Å². The fraction of sp³-hybridized carbons (Fsp3) is 0.583. The molecule has 3 unspecified atom stereocenters. The molecule has 0 radical (unpaired) electrons. The zero-order valence-electron chi connectivity index (χ0n) is 27.9. The van der Waals surface area contributed by atoms with E-state index in [1.165, 1.54) is 0 Å². The number of hydrogen-bond donors (Lipinski definition) is 1. The molecule has 8 heteroatoms. The standard InChI is InChI=1S/C18H27NO3.C18H25NO3/c2*1-17(2,3)22-16(21)19-12-8-11-18(4,13-19)15(20)14-9-6-5-7-10-14/h5-7,9-10,15,20H,8,11-13H2,1-4H3;5-7,9-10H,8,11-13H2,1-4H3. The fourth-order valence-corrected chi connectivity index (χ4v) is 5.86. The Hall–Kier alpha value is -3.39. The van der Waals surface area contributed by atoms with Crippen molar-refractivity contribution in [3.63, 3.8) is 0 Å². The molecule has 2 aliphatic heterocycles. The van der Waals surface area contributed by atoms with Gasteiger partial charge >= 0.3 is 12.2 Å². The number of rotatable bonds is 4. The highest BCUT2D eigenvalue weighted by atomic mass is 16.6. The van der Waals surface area contributed by atoms with E-state index in [-0.39, 0.29) is 23.4 Å². The van der Waals surface area contributed by atoms with E-state index < -0.39 is 22.7 Å². The molecule has 0 aromatic heterocycles. The van der Waals surface area contributed by atoms with Gasteiger partial charge in [-0.1, -0.05) is 74.5 Å². The Morgan fingerprint density at radius 3 is 1.68 bits per heavy atom. The SMILES string of the molecule is CC(C)(C)OC(=O)N1CCCC(C)(C(=O)c2ccccc2)C1.CC(C)(C)OC(=O)N1CCCC(C)(C(O)c2ccccc2)C1. The topological polar surface area (TPSA) is 96.4 Å². The van der Waals surface area contributed by atoms with Gasteiger partial charge in [0.1, 0.15) is 11.2 Å². The minimum Gasteiger partial charge on any atom is -0.444 e.